The van der Waals surface area contributed by atoms with Gasteiger partial charge in [-0.3, -0.25) is 4.79 Å². The van der Waals surface area contributed by atoms with E-state index in [9.17, 15) is 18.0 Å². The normalized spacial score (nSPS) is 13.3. The number of thioether (sulfide) groups is 1. The highest BCUT2D eigenvalue weighted by atomic mass is 35.5. The number of hydrogen-bond donors (Lipinski definition) is 1. The van der Waals surface area contributed by atoms with Gasteiger partial charge < -0.3 is 5.32 Å². The lowest BCUT2D eigenvalue weighted by atomic mass is 10.1. The Kier molecular flexibility index (Phi) is 7.01. The van der Waals surface area contributed by atoms with Crippen molar-refractivity contribution in [2.45, 2.75) is 19.1 Å². The fraction of sp³-hybridized carbons (Fsp3) is 0.278. The average Bonchev–Trinajstić information content (AvgIpc) is 3.18. The zero-order valence-electron chi connectivity index (χ0n) is 15.6. The predicted octanol–water partition coefficient (Wildman–Crippen LogP) is 5.66. The molecule has 1 aromatic carbocycles. The molecule has 1 N–H and O–H groups in total. The van der Waals surface area contributed by atoms with Gasteiger partial charge >= 0.3 is 6.18 Å². The molecule has 1 amide bonds. The van der Waals surface area contributed by atoms with Crippen LogP contribution in [0.3, 0.4) is 0 Å². The van der Waals surface area contributed by atoms with Gasteiger partial charge in [-0.1, -0.05) is 34.5 Å². The van der Waals surface area contributed by atoms with E-state index in [1.165, 1.54) is 18.2 Å². The van der Waals surface area contributed by atoms with Gasteiger partial charge in [0.1, 0.15) is 5.69 Å². The highest BCUT2D eigenvalue weighted by Crippen LogP contribution is 2.37. The lowest BCUT2D eigenvalue weighted by Gasteiger charge is -2.10. The van der Waals surface area contributed by atoms with Crippen molar-refractivity contribution in [2.75, 3.05) is 12.0 Å². The Balaban J connectivity index is 2.07. The molecule has 0 aliphatic carbocycles. The van der Waals surface area contributed by atoms with Crippen LogP contribution in [0.25, 0.3) is 22.3 Å². The van der Waals surface area contributed by atoms with Gasteiger partial charge in [0.2, 0.25) is 15.9 Å². The zero-order valence-corrected chi connectivity index (χ0v) is 18.8. The number of alkyl halides is 3. The van der Waals surface area contributed by atoms with Crippen molar-refractivity contribution in [3.8, 4) is 11.3 Å². The van der Waals surface area contributed by atoms with Crippen LogP contribution in [0.1, 0.15) is 17.6 Å². The van der Waals surface area contributed by atoms with Gasteiger partial charge in [0.25, 0.3) is 0 Å². The minimum Gasteiger partial charge on any atom is -0.349 e. The minimum absolute atomic E-state index is 0.0270. The van der Waals surface area contributed by atoms with Gasteiger partial charge in [-0.25, -0.2) is 9.50 Å². The maximum absolute atomic E-state index is 13.1. The number of nitrogens with zero attached hydrogens (tertiary/aromatic N) is 3. The van der Waals surface area contributed by atoms with Crippen LogP contribution in [0, 0.1) is 0 Å². The van der Waals surface area contributed by atoms with Crippen LogP contribution in [0.5, 0.6) is 0 Å². The lowest BCUT2D eigenvalue weighted by Crippen LogP contribution is -2.32. The minimum atomic E-state index is -4.60. The van der Waals surface area contributed by atoms with Crippen LogP contribution in [-0.2, 0) is 11.0 Å². The number of amides is 1. The van der Waals surface area contributed by atoms with Crippen LogP contribution < -0.4 is 5.32 Å². The summed E-state index contributed by atoms with van der Waals surface area (Å²) in [7, 11) is 0. The van der Waals surface area contributed by atoms with Crippen molar-refractivity contribution in [1.29, 1.82) is 0 Å². The van der Waals surface area contributed by atoms with E-state index < -0.39 is 11.2 Å². The molecule has 160 valence electrons. The maximum atomic E-state index is 13.1. The molecule has 0 aliphatic heterocycles. The molecule has 3 rings (SSSR count). The molecule has 1 atom stereocenters. The zero-order chi connectivity index (χ0) is 22.1. The van der Waals surface area contributed by atoms with Crippen molar-refractivity contribution < 1.29 is 18.0 Å². The Morgan fingerprint density at radius 3 is 2.77 bits per heavy atom. The molecule has 0 saturated heterocycles. The quantitative estimate of drug-likeness (QED) is 0.448. The van der Waals surface area contributed by atoms with E-state index in [4.69, 9.17) is 23.2 Å². The number of nitrogens with one attached hydrogen (secondary N) is 1. The molecule has 0 spiro atoms. The second-order valence-corrected chi connectivity index (χ2v) is 8.98. The first kappa shape index (κ1) is 22.9. The predicted molar refractivity (Wildman–Crippen MR) is 116 cm³/mol. The van der Waals surface area contributed by atoms with E-state index in [0.717, 1.165) is 10.3 Å². The maximum Gasteiger partial charge on any atom is 0.445 e. The number of rotatable bonds is 6. The van der Waals surface area contributed by atoms with Crippen LogP contribution >= 0.6 is 46.3 Å². The average molecular weight is 495 g/mol. The molecule has 2 aromatic heterocycles. The number of aromatic nitrogens is 3. The fourth-order valence-electron chi connectivity index (χ4n) is 2.65. The number of fused-ring (bicyclic) bond motifs is 1. The van der Waals surface area contributed by atoms with Crippen LogP contribution in [0.15, 0.2) is 24.3 Å². The Bertz CT molecular complexity index is 1110. The SMILES string of the molecule is CSC[C@H](C)NC(=O)/C=C/c1c(-c2ccc(Cl)cc2Cl)nc2sc(C(F)(F)F)nn12. The van der Waals surface area contributed by atoms with Gasteiger partial charge in [-0.2, -0.15) is 24.9 Å². The molecule has 0 bridgehead atoms. The molecule has 0 radical (unpaired) electrons. The van der Waals surface area contributed by atoms with Crippen molar-refractivity contribution in [2.24, 2.45) is 0 Å². The second-order valence-electron chi connectivity index (χ2n) is 6.27. The number of carbonyl (C=O) groups is 1. The lowest BCUT2D eigenvalue weighted by molar-refractivity contribution is -0.138. The van der Waals surface area contributed by atoms with E-state index in [0.29, 0.717) is 27.6 Å². The van der Waals surface area contributed by atoms with E-state index in [2.05, 4.69) is 15.4 Å². The molecule has 0 saturated carbocycles. The topological polar surface area (TPSA) is 59.3 Å². The molecule has 0 fully saturated rings. The fourth-order valence-corrected chi connectivity index (χ4v) is 4.50. The van der Waals surface area contributed by atoms with Crippen LogP contribution in [0.4, 0.5) is 13.2 Å². The molecule has 0 unspecified atom stereocenters. The van der Waals surface area contributed by atoms with Crippen molar-refractivity contribution >= 4 is 63.2 Å². The van der Waals surface area contributed by atoms with Crippen molar-refractivity contribution in [3.05, 3.63) is 45.0 Å². The van der Waals surface area contributed by atoms with E-state index in [-0.39, 0.29) is 27.6 Å². The largest absolute Gasteiger partial charge is 0.445 e. The number of carbonyl (C=O) groups excluding carboxylic acids is 1. The number of benzene rings is 1. The third-order valence-electron chi connectivity index (χ3n) is 3.86. The Labute approximate surface area is 188 Å². The Morgan fingerprint density at radius 2 is 2.13 bits per heavy atom. The molecule has 30 heavy (non-hydrogen) atoms. The molecular weight excluding hydrogens is 480 g/mol. The first-order valence-corrected chi connectivity index (χ1v) is 11.5. The molecule has 3 aromatic rings. The van der Waals surface area contributed by atoms with Crippen molar-refractivity contribution in [3.63, 3.8) is 0 Å². The van der Waals surface area contributed by atoms with Crippen LogP contribution in [-0.4, -0.2) is 38.6 Å². The van der Waals surface area contributed by atoms with Crippen LogP contribution in [0.2, 0.25) is 10.0 Å². The molecule has 0 aliphatic rings. The van der Waals surface area contributed by atoms with Gasteiger partial charge in [0.05, 0.1) is 10.7 Å². The first-order valence-electron chi connectivity index (χ1n) is 8.50. The monoisotopic (exact) mass is 494 g/mol. The number of halogens is 5. The summed E-state index contributed by atoms with van der Waals surface area (Å²) in [4.78, 5) is 16.5. The van der Waals surface area contributed by atoms with Gasteiger partial charge in [0.15, 0.2) is 0 Å². The summed E-state index contributed by atoms with van der Waals surface area (Å²) in [6.45, 7) is 1.86. The molecule has 12 heteroatoms. The molecular formula is C18H15Cl2F3N4OS2. The summed E-state index contributed by atoms with van der Waals surface area (Å²) in [6.07, 6.45) is -0.0688. The second kappa shape index (κ2) is 9.17. The summed E-state index contributed by atoms with van der Waals surface area (Å²) >= 11 is 14.2. The number of imidazole rings is 1. The van der Waals surface area contributed by atoms with E-state index in [1.54, 1.807) is 23.9 Å². The van der Waals surface area contributed by atoms with Crippen molar-refractivity contribution in [1.82, 2.24) is 19.9 Å². The highest BCUT2D eigenvalue weighted by Gasteiger charge is 2.36. The standard InChI is InChI=1S/C18H15Cl2F3N4OS2/c1-9(8-29-2)24-14(28)6-5-13-15(11-4-3-10(19)7-12(11)20)25-17-27(13)26-16(30-17)18(21,22)23/h3-7,9H,8H2,1-2H3,(H,24,28)/b6-5+/t9-/m0/s1. The highest BCUT2D eigenvalue weighted by molar-refractivity contribution is 7.98. The van der Waals surface area contributed by atoms with E-state index in [1.807, 2.05) is 13.2 Å². The van der Waals surface area contributed by atoms with Gasteiger partial charge in [-0.05, 0) is 37.5 Å². The molecule has 2 heterocycles. The summed E-state index contributed by atoms with van der Waals surface area (Å²) in [6, 6.07) is 4.64. The summed E-state index contributed by atoms with van der Waals surface area (Å²) in [5, 5.41) is 6.06. The molecule has 5 nitrogen and oxygen atoms in total. The summed E-state index contributed by atoms with van der Waals surface area (Å²) < 4.78 is 40.3. The third-order valence-corrected chi connectivity index (χ3v) is 6.20. The van der Waals surface area contributed by atoms with Gasteiger partial charge in [0, 0.05) is 28.5 Å². The first-order chi connectivity index (χ1) is 14.1. The van der Waals surface area contributed by atoms with Gasteiger partial charge in [-0.15, -0.1) is 5.10 Å². The number of hydrogen-bond acceptors (Lipinski definition) is 5. The summed E-state index contributed by atoms with van der Waals surface area (Å²) in [5.74, 6) is 0.342. The smallest absolute Gasteiger partial charge is 0.349 e. The Morgan fingerprint density at radius 1 is 1.40 bits per heavy atom. The Hall–Kier alpha value is -1.75. The third kappa shape index (κ3) is 5.11. The summed E-state index contributed by atoms with van der Waals surface area (Å²) in [5.41, 5.74) is 0.960. The van der Waals surface area contributed by atoms with E-state index >= 15 is 0 Å².